The summed E-state index contributed by atoms with van der Waals surface area (Å²) in [7, 11) is 0. The fourth-order valence-corrected chi connectivity index (χ4v) is 3.21. The lowest BCUT2D eigenvalue weighted by Gasteiger charge is -2.39. The van der Waals surface area contributed by atoms with E-state index >= 15 is 0 Å². The molecule has 0 N–H and O–H groups in total. The molecule has 0 fully saturated rings. The van der Waals surface area contributed by atoms with Gasteiger partial charge in [0.05, 0.1) is 29.9 Å². The fraction of sp³-hybridized carbons (Fsp3) is 0.211. The minimum absolute atomic E-state index is 0.232. The highest BCUT2D eigenvalue weighted by Gasteiger charge is 2.29. The average molecular weight is 303 g/mol. The molecule has 114 valence electrons. The summed E-state index contributed by atoms with van der Waals surface area (Å²) in [6.45, 7) is 1.51. The van der Waals surface area contributed by atoms with Gasteiger partial charge in [-0.15, -0.1) is 0 Å². The molecule has 0 aliphatic carbocycles. The van der Waals surface area contributed by atoms with Crippen LogP contribution in [0.3, 0.4) is 0 Å². The summed E-state index contributed by atoms with van der Waals surface area (Å²) in [6.07, 6.45) is 5.16. The van der Waals surface area contributed by atoms with Crippen LogP contribution in [0.15, 0.2) is 60.8 Å². The molecule has 0 aromatic heterocycles. The van der Waals surface area contributed by atoms with Crippen molar-refractivity contribution in [2.45, 2.75) is 12.5 Å². The highest BCUT2D eigenvalue weighted by Crippen LogP contribution is 2.30. The molecule has 2 aliphatic heterocycles. The Morgan fingerprint density at radius 2 is 2.00 bits per heavy atom. The van der Waals surface area contributed by atoms with Gasteiger partial charge in [-0.1, -0.05) is 18.2 Å². The first-order valence-corrected chi connectivity index (χ1v) is 7.78. The van der Waals surface area contributed by atoms with Gasteiger partial charge in [0.2, 0.25) is 0 Å². The highest BCUT2D eigenvalue weighted by molar-refractivity contribution is 5.48. The van der Waals surface area contributed by atoms with Crippen LogP contribution in [0.25, 0.3) is 0 Å². The molecule has 2 aliphatic rings. The number of fused-ring (bicyclic) bond motifs is 1. The number of ether oxygens (including phenoxy) is 1. The Balaban J connectivity index is 1.59. The van der Waals surface area contributed by atoms with Crippen LogP contribution in [-0.4, -0.2) is 24.2 Å². The van der Waals surface area contributed by atoms with Crippen molar-refractivity contribution >= 4 is 5.69 Å². The number of hydrogen-bond donors (Lipinski definition) is 0. The van der Waals surface area contributed by atoms with Crippen molar-refractivity contribution in [1.29, 1.82) is 5.26 Å². The standard InChI is InChI=1S/C19H17N3O/c20-13-15-7-8-19-16(11-15)12-18(14-23-19)22-10-4-9-21(22)17-5-2-1-3-6-17/h1-8,10-11,18H,9,12,14H2. The maximum absolute atomic E-state index is 9.09. The van der Waals surface area contributed by atoms with E-state index in [9.17, 15) is 0 Å². The van der Waals surface area contributed by atoms with Gasteiger partial charge in [-0.2, -0.15) is 5.26 Å². The molecule has 23 heavy (non-hydrogen) atoms. The molecule has 2 aromatic carbocycles. The molecule has 1 atom stereocenters. The summed E-state index contributed by atoms with van der Waals surface area (Å²) in [5.41, 5.74) is 2.97. The van der Waals surface area contributed by atoms with E-state index in [-0.39, 0.29) is 6.04 Å². The average Bonchev–Trinajstić information content (AvgIpc) is 3.11. The van der Waals surface area contributed by atoms with Crippen LogP contribution in [0.2, 0.25) is 0 Å². The summed E-state index contributed by atoms with van der Waals surface area (Å²) >= 11 is 0. The third kappa shape index (κ3) is 2.51. The molecular formula is C19H17N3O. The molecule has 2 heterocycles. The van der Waals surface area contributed by atoms with Gasteiger partial charge in [0, 0.05) is 12.6 Å². The van der Waals surface area contributed by atoms with Crippen LogP contribution in [-0.2, 0) is 6.42 Å². The summed E-state index contributed by atoms with van der Waals surface area (Å²) in [6, 6.07) is 18.5. The lowest BCUT2D eigenvalue weighted by Crippen LogP contribution is -2.47. The molecule has 0 spiro atoms. The summed E-state index contributed by atoms with van der Waals surface area (Å²) in [5, 5.41) is 13.6. The van der Waals surface area contributed by atoms with Gasteiger partial charge in [-0.25, -0.2) is 0 Å². The minimum Gasteiger partial charge on any atom is -0.491 e. The molecule has 0 saturated heterocycles. The van der Waals surface area contributed by atoms with Gasteiger partial charge in [-0.3, -0.25) is 10.0 Å². The predicted molar refractivity (Wildman–Crippen MR) is 88.9 cm³/mol. The van der Waals surface area contributed by atoms with E-state index in [4.69, 9.17) is 10.00 Å². The largest absolute Gasteiger partial charge is 0.491 e. The lowest BCUT2D eigenvalue weighted by molar-refractivity contribution is 0.158. The van der Waals surface area contributed by atoms with E-state index < -0.39 is 0 Å². The van der Waals surface area contributed by atoms with Crippen molar-refractivity contribution in [3.63, 3.8) is 0 Å². The van der Waals surface area contributed by atoms with E-state index in [1.807, 2.05) is 24.3 Å². The predicted octanol–water partition coefficient (Wildman–Crippen LogP) is 3.11. The Hall–Kier alpha value is -2.93. The summed E-state index contributed by atoms with van der Waals surface area (Å²) in [5.74, 6) is 0.898. The number of hydrazine groups is 1. The maximum Gasteiger partial charge on any atom is 0.122 e. The highest BCUT2D eigenvalue weighted by atomic mass is 16.5. The van der Waals surface area contributed by atoms with Crippen molar-refractivity contribution in [1.82, 2.24) is 5.01 Å². The molecule has 4 rings (SSSR count). The van der Waals surface area contributed by atoms with Crippen molar-refractivity contribution < 1.29 is 4.74 Å². The fourth-order valence-electron chi connectivity index (χ4n) is 3.21. The first kappa shape index (κ1) is 13.7. The second kappa shape index (κ2) is 5.69. The van der Waals surface area contributed by atoms with Gasteiger partial charge in [0.1, 0.15) is 12.4 Å². The molecular weight excluding hydrogens is 286 g/mol. The first-order chi connectivity index (χ1) is 11.3. The van der Waals surface area contributed by atoms with Crippen LogP contribution < -0.4 is 9.75 Å². The Kier molecular flexibility index (Phi) is 3.39. The molecule has 1 unspecified atom stereocenters. The lowest BCUT2D eigenvalue weighted by atomic mass is 10.0. The van der Waals surface area contributed by atoms with E-state index in [1.165, 1.54) is 5.69 Å². The molecule has 0 radical (unpaired) electrons. The Bertz CT molecular complexity index is 779. The van der Waals surface area contributed by atoms with Gasteiger partial charge >= 0.3 is 0 Å². The van der Waals surface area contributed by atoms with E-state index in [0.29, 0.717) is 12.2 Å². The van der Waals surface area contributed by atoms with Gasteiger partial charge in [0.25, 0.3) is 0 Å². The summed E-state index contributed by atoms with van der Waals surface area (Å²) < 4.78 is 5.92. The van der Waals surface area contributed by atoms with Crippen LogP contribution in [0, 0.1) is 11.3 Å². The molecule has 0 saturated carbocycles. The second-order valence-corrected chi connectivity index (χ2v) is 5.79. The number of para-hydroxylation sites is 1. The number of rotatable bonds is 2. The molecule has 4 nitrogen and oxygen atoms in total. The van der Waals surface area contributed by atoms with Gasteiger partial charge < -0.3 is 4.74 Å². The van der Waals surface area contributed by atoms with Crippen molar-refractivity contribution in [3.8, 4) is 11.8 Å². The minimum atomic E-state index is 0.232. The zero-order chi connectivity index (χ0) is 15.6. The Morgan fingerprint density at radius 1 is 1.13 bits per heavy atom. The monoisotopic (exact) mass is 303 g/mol. The normalized spacial score (nSPS) is 19.2. The zero-order valence-electron chi connectivity index (χ0n) is 12.7. The Labute approximate surface area is 135 Å². The van der Waals surface area contributed by atoms with E-state index in [2.05, 4.69) is 52.6 Å². The van der Waals surface area contributed by atoms with Crippen LogP contribution >= 0.6 is 0 Å². The third-order valence-corrected chi connectivity index (χ3v) is 4.32. The number of nitrogens with zero attached hydrogens (tertiary/aromatic N) is 3. The maximum atomic E-state index is 9.09. The third-order valence-electron chi connectivity index (χ3n) is 4.32. The second-order valence-electron chi connectivity index (χ2n) is 5.79. The molecule has 0 amide bonds. The number of anilines is 1. The Morgan fingerprint density at radius 3 is 2.83 bits per heavy atom. The topological polar surface area (TPSA) is 39.5 Å². The first-order valence-electron chi connectivity index (χ1n) is 7.78. The van der Waals surface area contributed by atoms with Crippen LogP contribution in [0.4, 0.5) is 5.69 Å². The number of hydrogen-bond acceptors (Lipinski definition) is 4. The number of benzene rings is 2. The van der Waals surface area contributed by atoms with E-state index in [0.717, 1.165) is 24.3 Å². The van der Waals surface area contributed by atoms with Crippen molar-refractivity contribution in [3.05, 3.63) is 71.9 Å². The SMILES string of the molecule is N#Cc1ccc2c(c1)CC(N1C=CCN1c1ccccc1)CO2. The molecule has 2 aromatic rings. The number of nitriles is 1. The zero-order valence-corrected chi connectivity index (χ0v) is 12.7. The quantitative estimate of drug-likeness (QED) is 0.854. The smallest absolute Gasteiger partial charge is 0.122 e. The van der Waals surface area contributed by atoms with Crippen LogP contribution in [0.1, 0.15) is 11.1 Å². The van der Waals surface area contributed by atoms with Crippen LogP contribution in [0.5, 0.6) is 5.75 Å². The van der Waals surface area contributed by atoms with Gasteiger partial charge in [-0.05, 0) is 42.0 Å². The van der Waals surface area contributed by atoms with Crippen molar-refractivity contribution in [2.75, 3.05) is 18.2 Å². The van der Waals surface area contributed by atoms with Gasteiger partial charge in [0.15, 0.2) is 0 Å². The molecule has 4 heteroatoms. The van der Waals surface area contributed by atoms with Crippen molar-refractivity contribution in [2.24, 2.45) is 0 Å². The molecule has 0 bridgehead atoms. The summed E-state index contributed by atoms with van der Waals surface area (Å²) in [4.78, 5) is 0. The van der Waals surface area contributed by atoms with E-state index in [1.54, 1.807) is 0 Å².